The van der Waals surface area contributed by atoms with Crippen LogP contribution >= 0.6 is 0 Å². The predicted octanol–water partition coefficient (Wildman–Crippen LogP) is 2.67. The summed E-state index contributed by atoms with van der Waals surface area (Å²) in [4.78, 5) is 21.9. The van der Waals surface area contributed by atoms with Gasteiger partial charge in [0.05, 0.1) is 10.5 Å². The molecule has 0 aliphatic heterocycles. The van der Waals surface area contributed by atoms with Crippen molar-refractivity contribution in [2.24, 2.45) is 0 Å². The zero-order valence-electron chi connectivity index (χ0n) is 10.8. The normalized spacial score (nSPS) is 10.1. The highest BCUT2D eigenvalue weighted by atomic mass is 19.1. The van der Waals surface area contributed by atoms with Crippen molar-refractivity contribution in [1.82, 2.24) is 0 Å². The van der Waals surface area contributed by atoms with E-state index in [0.29, 0.717) is 5.56 Å². The first kappa shape index (κ1) is 14.4. The second kappa shape index (κ2) is 6.00. The van der Waals surface area contributed by atoms with E-state index >= 15 is 0 Å². The van der Waals surface area contributed by atoms with Crippen LogP contribution in [0.25, 0.3) is 0 Å². The fourth-order valence-electron chi connectivity index (χ4n) is 1.69. The highest BCUT2D eigenvalue weighted by Gasteiger charge is 2.16. The van der Waals surface area contributed by atoms with Crippen LogP contribution in [-0.4, -0.2) is 10.9 Å². The van der Waals surface area contributed by atoms with Crippen LogP contribution in [0.4, 0.5) is 15.8 Å². The Bertz CT molecular complexity index is 703. The fourth-order valence-corrected chi connectivity index (χ4v) is 1.69. The van der Waals surface area contributed by atoms with E-state index in [1.807, 2.05) is 0 Å². The number of hydrogen-bond donors (Lipinski definition) is 1. The van der Waals surface area contributed by atoms with Gasteiger partial charge in [-0.25, -0.2) is 9.18 Å². The number of carbonyl (C=O) groups excluding carboxylic acids is 1. The van der Waals surface area contributed by atoms with Crippen molar-refractivity contribution in [3.8, 4) is 0 Å². The van der Waals surface area contributed by atoms with Crippen LogP contribution < -0.4 is 5.73 Å². The molecule has 2 N–H and O–H groups in total. The zero-order valence-corrected chi connectivity index (χ0v) is 10.8. The minimum Gasteiger partial charge on any atom is -0.457 e. The topological polar surface area (TPSA) is 95.5 Å². The largest absolute Gasteiger partial charge is 0.457 e. The molecule has 0 radical (unpaired) electrons. The second-order valence-corrected chi connectivity index (χ2v) is 4.24. The van der Waals surface area contributed by atoms with Crippen LogP contribution in [0.5, 0.6) is 0 Å². The number of nitrogens with zero attached hydrogens (tertiary/aromatic N) is 1. The number of nitrogen functional groups attached to an aromatic ring is 1. The predicted molar refractivity (Wildman–Crippen MR) is 73.0 cm³/mol. The van der Waals surface area contributed by atoms with E-state index in [4.69, 9.17) is 10.5 Å². The SMILES string of the molecule is Nc1ccc(C(=O)OCc2cccc(F)c2)cc1[N+](=O)[O-]. The molecule has 0 saturated carbocycles. The van der Waals surface area contributed by atoms with Crippen LogP contribution in [0, 0.1) is 15.9 Å². The minimum atomic E-state index is -0.748. The first-order chi connectivity index (χ1) is 9.97. The molecule has 6 nitrogen and oxygen atoms in total. The molecule has 0 aliphatic carbocycles. The zero-order chi connectivity index (χ0) is 15.4. The number of hydrogen-bond acceptors (Lipinski definition) is 5. The van der Waals surface area contributed by atoms with Crippen molar-refractivity contribution in [3.63, 3.8) is 0 Å². The van der Waals surface area contributed by atoms with E-state index < -0.39 is 16.7 Å². The van der Waals surface area contributed by atoms with Crippen LogP contribution in [0.3, 0.4) is 0 Å². The first-order valence-electron chi connectivity index (χ1n) is 5.93. The molecule has 0 atom stereocenters. The van der Waals surface area contributed by atoms with Crippen LogP contribution in [0.1, 0.15) is 15.9 Å². The number of rotatable bonds is 4. The smallest absolute Gasteiger partial charge is 0.338 e. The quantitative estimate of drug-likeness (QED) is 0.404. The van der Waals surface area contributed by atoms with Crippen molar-refractivity contribution in [2.75, 3.05) is 5.73 Å². The molecule has 0 fully saturated rings. The number of esters is 1. The van der Waals surface area contributed by atoms with Gasteiger partial charge in [-0.3, -0.25) is 10.1 Å². The lowest BCUT2D eigenvalue weighted by molar-refractivity contribution is -0.383. The Morgan fingerprint density at radius 2 is 2.05 bits per heavy atom. The van der Waals surface area contributed by atoms with Gasteiger partial charge < -0.3 is 10.5 Å². The summed E-state index contributed by atoms with van der Waals surface area (Å²) >= 11 is 0. The first-order valence-corrected chi connectivity index (χ1v) is 5.93. The van der Waals surface area contributed by atoms with Crippen molar-refractivity contribution in [2.45, 2.75) is 6.61 Å². The number of carbonyl (C=O) groups is 1. The molecule has 0 heterocycles. The van der Waals surface area contributed by atoms with Gasteiger partial charge >= 0.3 is 5.97 Å². The molecule has 0 aromatic heterocycles. The highest BCUT2D eigenvalue weighted by molar-refractivity contribution is 5.91. The summed E-state index contributed by atoms with van der Waals surface area (Å²) in [7, 11) is 0. The summed E-state index contributed by atoms with van der Waals surface area (Å²) in [5.41, 5.74) is 5.52. The third-order valence-electron chi connectivity index (χ3n) is 2.72. The maximum Gasteiger partial charge on any atom is 0.338 e. The van der Waals surface area contributed by atoms with E-state index in [2.05, 4.69) is 0 Å². The average Bonchev–Trinajstić information content (AvgIpc) is 2.45. The molecular formula is C14H11FN2O4. The van der Waals surface area contributed by atoms with Crippen LogP contribution in [0.2, 0.25) is 0 Å². The summed E-state index contributed by atoms with van der Waals surface area (Å²) in [5.74, 6) is -1.19. The molecule has 0 saturated heterocycles. The third kappa shape index (κ3) is 3.53. The molecule has 2 rings (SSSR count). The Morgan fingerprint density at radius 1 is 1.29 bits per heavy atom. The lowest BCUT2D eigenvalue weighted by atomic mass is 10.2. The van der Waals surface area contributed by atoms with Gasteiger partial charge in [-0.15, -0.1) is 0 Å². The minimum absolute atomic E-state index is 0.00676. The molecule has 7 heteroatoms. The van der Waals surface area contributed by atoms with Gasteiger partial charge in [0.2, 0.25) is 0 Å². The Hall–Kier alpha value is -2.96. The number of ether oxygens (including phenoxy) is 1. The summed E-state index contributed by atoms with van der Waals surface area (Å²) in [6, 6.07) is 9.23. The monoisotopic (exact) mass is 290 g/mol. The number of anilines is 1. The van der Waals surface area contributed by atoms with Gasteiger partial charge in [-0.2, -0.15) is 0 Å². The summed E-state index contributed by atoms with van der Waals surface area (Å²) in [5, 5.41) is 10.7. The van der Waals surface area contributed by atoms with Gasteiger partial charge in [0.25, 0.3) is 5.69 Å². The molecule has 108 valence electrons. The Balaban J connectivity index is 2.10. The molecule has 0 bridgehead atoms. The van der Waals surface area contributed by atoms with E-state index in [9.17, 15) is 19.3 Å². The van der Waals surface area contributed by atoms with E-state index in [0.717, 1.165) is 6.07 Å². The second-order valence-electron chi connectivity index (χ2n) is 4.24. The maximum absolute atomic E-state index is 13.0. The third-order valence-corrected chi connectivity index (χ3v) is 2.72. The molecular weight excluding hydrogens is 279 g/mol. The molecule has 21 heavy (non-hydrogen) atoms. The van der Waals surface area contributed by atoms with Crippen molar-refractivity contribution in [3.05, 3.63) is 69.5 Å². The van der Waals surface area contributed by atoms with E-state index in [1.165, 1.54) is 30.3 Å². The number of benzene rings is 2. The summed E-state index contributed by atoms with van der Waals surface area (Å²) in [6.07, 6.45) is 0. The summed E-state index contributed by atoms with van der Waals surface area (Å²) in [6.45, 7) is -0.130. The van der Waals surface area contributed by atoms with E-state index in [-0.39, 0.29) is 23.5 Å². The van der Waals surface area contributed by atoms with Gasteiger partial charge in [0.1, 0.15) is 18.1 Å². The highest BCUT2D eigenvalue weighted by Crippen LogP contribution is 2.22. The molecule has 0 unspecified atom stereocenters. The van der Waals surface area contributed by atoms with Gasteiger partial charge in [-0.05, 0) is 29.8 Å². The van der Waals surface area contributed by atoms with Crippen molar-refractivity contribution < 1.29 is 18.8 Å². The average molecular weight is 290 g/mol. The Labute approximate surface area is 119 Å². The Morgan fingerprint density at radius 3 is 2.71 bits per heavy atom. The Kier molecular flexibility index (Phi) is 4.13. The number of nitrogens with two attached hydrogens (primary N) is 1. The lowest BCUT2D eigenvalue weighted by Gasteiger charge is -2.06. The standard InChI is InChI=1S/C14H11FN2O4/c15-11-3-1-2-9(6-11)8-21-14(18)10-4-5-12(16)13(7-10)17(19)20/h1-7H,8,16H2. The van der Waals surface area contributed by atoms with Crippen LogP contribution in [0.15, 0.2) is 42.5 Å². The van der Waals surface area contributed by atoms with Gasteiger partial charge in [0.15, 0.2) is 0 Å². The summed E-state index contributed by atoms with van der Waals surface area (Å²) < 4.78 is 17.9. The van der Waals surface area contributed by atoms with E-state index in [1.54, 1.807) is 6.07 Å². The molecule has 0 aliphatic rings. The molecule has 2 aromatic rings. The van der Waals surface area contributed by atoms with Crippen molar-refractivity contribution in [1.29, 1.82) is 0 Å². The molecule has 2 aromatic carbocycles. The molecule has 0 spiro atoms. The van der Waals surface area contributed by atoms with Gasteiger partial charge in [-0.1, -0.05) is 12.1 Å². The fraction of sp³-hybridized carbons (Fsp3) is 0.0714. The number of halogens is 1. The number of nitro groups is 1. The maximum atomic E-state index is 13.0. The molecule has 0 amide bonds. The van der Waals surface area contributed by atoms with Crippen molar-refractivity contribution >= 4 is 17.3 Å². The lowest BCUT2D eigenvalue weighted by Crippen LogP contribution is -2.07. The van der Waals surface area contributed by atoms with Crippen LogP contribution in [-0.2, 0) is 11.3 Å². The van der Waals surface area contributed by atoms with Gasteiger partial charge in [0, 0.05) is 6.07 Å². The number of nitro benzene ring substituents is 1.